The van der Waals surface area contributed by atoms with Crippen molar-refractivity contribution < 1.29 is 4.73 Å². The molecule has 5 heteroatoms. The van der Waals surface area contributed by atoms with Crippen LogP contribution in [-0.4, -0.2) is 31.2 Å². The Balaban J connectivity index is 2.18. The third kappa shape index (κ3) is 1.70. The third-order valence-corrected chi connectivity index (χ3v) is 2.09. The number of piperazine rings is 1. The van der Waals surface area contributed by atoms with Gasteiger partial charge in [-0.15, -0.1) is 0 Å². The smallest absolute Gasteiger partial charge is 0.394 e. The lowest BCUT2D eigenvalue weighted by Crippen LogP contribution is -2.48. The fourth-order valence-corrected chi connectivity index (χ4v) is 1.44. The number of nitrogens with one attached hydrogen (secondary N) is 1. The molecule has 0 radical (unpaired) electrons. The lowest BCUT2D eigenvalue weighted by atomic mass is 10.4. The van der Waals surface area contributed by atoms with Crippen LogP contribution in [0.2, 0.25) is 0 Å². The van der Waals surface area contributed by atoms with Gasteiger partial charge in [-0.3, -0.25) is 4.90 Å². The minimum absolute atomic E-state index is 0.504. The van der Waals surface area contributed by atoms with Crippen LogP contribution in [0, 0.1) is 5.21 Å². The van der Waals surface area contributed by atoms with Gasteiger partial charge in [0.15, 0.2) is 0 Å². The highest BCUT2D eigenvalue weighted by molar-refractivity contribution is 5.23. The first-order valence-corrected chi connectivity index (χ1v) is 4.38. The van der Waals surface area contributed by atoms with E-state index < -0.39 is 0 Å². The molecule has 1 aromatic rings. The van der Waals surface area contributed by atoms with Crippen LogP contribution in [0.4, 0.5) is 5.95 Å². The number of hydrogen-bond donors (Lipinski definition) is 1. The average Bonchev–Trinajstić information content (AvgIpc) is 2.20. The topological polar surface area (TPSA) is 55.1 Å². The first-order chi connectivity index (χ1) is 6.38. The summed E-state index contributed by atoms with van der Waals surface area (Å²) in [4.78, 5) is 6.04. The highest BCUT2D eigenvalue weighted by Crippen LogP contribution is 2.03. The molecule has 70 valence electrons. The number of aromatic nitrogens is 2. The Labute approximate surface area is 76.6 Å². The van der Waals surface area contributed by atoms with E-state index in [2.05, 4.69) is 10.3 Å². The van der Waals surface area contributed by atoms with Crippen LogP contribution in [0.15, 0.2) is 18.5 Å². The third-order valence-electron chi connectivity index (χ3n) is 2.09. The molecule has 0 unspecified atom stereocenters. The summed E-state index contributed by atoms with van der Waals surface area (Å²) in [7, 11) is 0. The fourth-order valence-electron chi connectivity index (χ4n) is 1.44. The monoisotopic (exact) mass is 180 g/mol. The zero-order chi connectivity index (χ0) is 9.10. The predicted molar refractivity (Wildman–Crippen MR) is 48.3 cm³/mol. The van der Waals surface area contributed by atoms with E-state index in [1.54, 1.807) is 12.3 Å². The van der Waals surface area contributed by atoms with Gasteiger partial charge in [-0.05, 0) is 0 Å². The molecule has 1 aliphatic rings. The predicted octanol–water partition coefficient (Wildman–Crippen LogP) is -0.875. The maximum Gasteiger partial charge on any atom is 0.394 e. The van der Waals surface area contributed by atoms with Crippen molar-refractivity contribution in [3.63, 3.8) is 0 Å². The van der Waals surface area contributed by atoms with Gasteiger partial charge in [0, 0.05) is 19.2 Å². The van der Waals surface area contributed by atoms with Gasteiger partial charge in [0.05, 0.1) is 19.3 Å². The Bertz CT molecular complexity index is 285. The minimum Gasteiger partial charge on any atom is -0.740 e. The van der Waals surface area contributed by atoms with Crippen molar-refractivity contribution in [2.24, 2.45) is 0 Å². The second-order valence-corrected chi connectivity index (χ2v) is 2.98. The summed E-state index contributed by atoms with van der Waals surface area (Å²) in [6, 6.07) is 1.64. The molecule has 1 N–H and O–H groups in total. The van der Waals surface area contributed by atoms with E-state index >= 15 is 0 Å². The van der Waals surface area contributed by atoms with Gasteiger partial charge >= 0.3 is 5.95 Å². The summed E-state index contributed by atoms with van der Waals surface area (Å²) in [5.74, 6) is 0.504. The molecule has 1 aliphatic heterocycles. The van der Waals surface area contributed by atoms with Crippen molar-refractivity contribution in [2.45, 2.75) is 0 Å². The molecule has 0 bridgehead atoms. The van der Waals surface area contributed by atoms with Crippen LogP contribution < -0.4 is 14.9 Å². The van der Waals surface area contributed by atoms with Gasteiger partial charge in [0.2, 0.25) is 0 Å². The normalized spacial score (nSPS) is 17.4. The average molecular weight is 180 g/mol. The van der Waals surface area contributed by atoms with Gasteiger partial charge in [0.1, 0.15) is 6.20 Å². The molecule has 0 aliphatic carbocycles. The van der Waals surface area contributed by atoms with Gasteiger partial charge in [-0.25, -0.2) is 4.73 Å². The van der Waals surface area contributed by atoms with Crippen LogP contribution >= 0.6 is 0 Å². The Morgan fingerprint density at radius 3 is 2.92 bits per heavy atom. The van der Waals surface area contributed by atoms with E-state index in [0.717, 1.165) is 30.9 Å². The first kappa shape index (κ1) is 8.25. The molecule has 1 fully saturated rings. The SMILES string of the molecule is [O-][n+]1cccnc1N1CCNCC1. The van der Waals surface area contributed by atoms with Crippen LogP contribution in [0.1, 0.15) is 0 Å². The van der Waals surface area contributed by atoms with Crippen LogP contribution in [-0.2, 0) is 0 Å². The molecule has 2 heterocycles. The molecule has 1 saturated heterocycles. The minimum atomic E-state index is 0.504. The zero-order valence-corrected chi connectivity index (χ0v) is 7.31. The highest BCUT2D eigenvalue weighted by atomic mass is 16.5. The van der Waals surface area contributed by atoms with Crippen molar-refractivity contribution >= 4 is 5.95 Å². The lowest BCUT2D eigenvalue weighted by molar-refractivity contribution is -0.595. The molecular weight excluding hydrogens is 168 g/mol. The van der Waals surface area contributed by atoms with Crippen LogP contribution in [0.3, 0.4) is 0 Å². The molecule has 0 aromatic carbocycles. The van der Waals surface area contributed by atoms with Gasteiger partial charge < -0.3 is 10.5 Å². The molecule has 0 amide bonds. The summed E-state index contributed by atoms with van der Waals surface area (Å²) in [5, 5.41) is 14.5. The zero-order valence-electron chi connectivity index (χ0n) is 7.31. The van der Waals surface area contributed by atoms with E-state index in [1.807, 2.05) is 4.90 Å². The van der Waals surface area contributed by atoms with Crippen molar-refractivity contribution in [1.82, 2.24) is 10.3 Å². The van der Waals surface area contributed by atoms with E-state index in [-0.39, 0.29) is 0 Å². The molecule has 0 saturated carbocycles. The van der Waals surface area contributed by atoms with Gasteiger partial charge in [-0.2, -0.15) is 0 Å². The molecule has 1 aromatic heterocycles. The maximum atomic E-state index is 11.3. The maximum absolute atomic E-state index is 11.3. The van der Waals surface area contributed by atoms with Crippen molar-refractivity contribution in [1.29, 1.82) is 0 Å². The van der Waals surface area contributed by atoms with Gasteiger partial charge in [0.25, 0.3) is 0 Å². The summed E-state index contributed by atoms with van der Waals surface area (Å²) >= 11 is 0. The number of anilines is 1. The van der Waals surface area contributed by atoms with E-state index in [0.29, 0.717) is 5.95 Å². The Morgan fingerprint density at radius 1 is 1.46 bits per heavy atom. The van der Waals surface area contributed by atoms with Crippen LogP contribution in [0.5, 0.6) is 0 Å². The van der Waals surface area contributed by atoms with Crippen molar-refractivity contribution in [3.8, 4) is 0 Å². The summed E-state index contributed by atoms with van der Waals surface area (Å²) < 4.78 is 0.811. The second kappa shape index (κ2) is 3.57. The van der Waals surface area contributed by atoms with E-state index in [1.165, 1.54) is 6.20 Å². The summed E-state index contributed by atoms with van der Waals surface area (Å²) in [5.41, 5.74) is 0. The number of nitrogens with zero attached hydrogens (tertiary/aromatic N) is 3. The van der Waals surface area contributed by atoms with Gasteiger partial charge in [-0.1, -0.05) is 4.98 Å². The first-order valence-electron chi connectivity index (χ1n) is 4.38. The quantitative estimate of drug-likeness (QED) is 0.450. The molecule has 0 atom stereocenters. The number of hydrogen-bond acceptors (Lipinski definition) is 4. The molecule has 5 nitrogen and oxygen atoms in total. The van der Waals surface area contributed by atoms with E-state index in [4.69, 9.17) is 0 Å². The standard InChI is InChI=1S/C8H12N4O/c13-12-5-1-2-10-8(12)11-6-3-9-4-7-11/h1-2,5,9H,3-4,6-7H2. The second-order valence-electron chi connectivity index (χ2n) is 2.98. The number of rotatable bonds is 1. The molecule has 0 spiro atoms. The molecule has 13 heavy (non-hydrogen) atoms. The van der Waals surface area contributed by atoms with Crippen molar-refractivity contribution in [2.75, 3.05) is 31.1 Å². The van der Waals surface area contributed by atoms with Crippen molar-refractivity contribution in [3.05, 3.63) is 23.7 Å². The Morgan fingerprint density at radius 2 is 2.23 bits per heavy atom. The summed E-state index contributed by atoms with van der Waals surface area (Å²) in [6.45, 7) is 3.52. The molecular formula is C8H12N4O. The largest absolute Gasteiger partial charge is 0.740 e. The van der Waals surface area contributed by atoms with Crippen LogP contribution in [0.25, 0.3) is 0 Å². The fraction of sp³-hybridized carbons (Fsp3) is 0.500. The molecule has 2 rings (SSSR count). The Kier molecular flexibility index (Phi) is 2.27. The highest BCUT2D eigenvalue weighted by Gasteiger charge is 2.19. The lowest BCUT2D eigenvalue weighted by Gasteiger charge is -2.24. The van der Waals surface area contributed by atoms with E-state index in [9.17, 15) is 5.21 Å². The Hall–Kier alpha value is -1.36. The summed E-state index contributed by atoms with van der Waals surface area (Å²) in [6.07, 6.45) is 3.12.